The Bertz CT molecular complexity index is 652. The molecule has 0 spiro atoms. The van der Waals surface area contributed by atoms with Crippen LogP contribution >= 0.6 is 11.3 Å². The first kappa shape index (κ1) is 16.1. The number of nitrogens with two attached hydrogens (primary N) is 1. The molecule has 114 valence electrons. The summed E-state index contributed by atoms with van der Waals surface area (Å²) in [7, 11) is -3.63. The van der Waals surface area contributed by atoms with Crippen molar-refractivity contribution in [1.82, 2.24) is 9.71 Å². The van der Waals surface area contributed by atoms with Crippen molar-refractivity contribution in [3.05, 3.63) is 46.3 Å². The first-order valence-corrected chi connectivity index (χ1v) is 9.14. The van der Waals surface area contributed by atoms with Crippen LogP contribution in [-0.4, -0.2) is 13.4 Å². The van der Waals surface area contributed by atoms with E-state index in [2.05, 4.69) is 9.71 Å². The largest absolute Gasteiger partial charge is 0.326 e. The Morgan fingerprint density at radius 1 is 1.38 bits per heavy atom. The Morgan fingerprint density at radius 2 is 2.19 bits per heavy atom. The molecule has 2 aromatic heterocycles. The minimum absolute atomic E-state index is 0.0253. The molecule has 2 heterocycles. The molecular formula is C14H19N3O2S2. The van der Waals surface area contributed by atoms with E-state index in [1.54, 1.807) is 17.4 Å². The van der Waals surface area contributed by atoms with Crippen molar-refractivity contribution in [3.8, 4) is 0 Å². The Hall–Kier alpha value is -1.28. The molecule has 0 aliphatic rings. The maximum Gasteiger partial charge on any atom is 0.258 e. The van der Waals surface area contributed by atoms with Crippen LogP contribution in [0.2, 0.25) is 0 Å². The van der Waals surface area contributed by atoms with Crippen LogP contribution in [0.3, 0.4) is 0 Å². The normalized spacial score (nSPS) is 13.2. The second-order valence-electron chi connectivity index (χ2n) is 4.69. The maximum absolute atomic E-state index is 12.4. The SMILES string of the molecule is CCCC(NS(=O)(=O)c1ccc(CN)cn1)c1cccs1. The van der Waals surface area contributed by atoms with Gasteiger partial charge in [-0.15, -0.1) is 11.3 Å². The molecule has 0 amide bonds. The van der Waals surface area contributed by atoms with Crippen molar-refractivity contribution in [2.45, 2.75) is 37.4 Å². The standard InChI is InChI=1S/C14H19N3O2S2/c1-2-4-12(13-5-3-8-20-13)17-21(18,19)14-7-6-11(9-15)10-16-14/h3,5-8,10,12,17H,2,4,9,15H2,1H3. The van der Waals surface area contributed by atoms with Crippen molar-refractivity contribution in [2.75, 3.05) is 0 Å². The van der Waals surface area contributed by atoms with Gasteiger partial charge in [0.1, 0.15) is 0 Å². The average Bonchev–Trinajstić information content (AvgIpc) is 3.01. The van der Waals surface area contributed by atoms with Crippen LogP contribution in [0.5, 0.6) is 0 Å². The summed E-state index contributed by atoms with van der Waals surface area (Å²) in [5.74, 6) is 0. The van der Waals surface area contributed by atoms with Crippen LogP contribution in [-0.2, 0) is 16.6 Å². The highest BCUT2D eigenvalue weighted by molar-refractivity contribution is 7.89. The highest BCUT2D eigenvalue weighted by atomic mass is 32.2. The molecule has 1 atom stereocenters. The number of nitrogens with one attached hydrogen (secondary N) is 1. The zero-order chi connectivity index (χ0) is 15.3. The van der Waals surface area contributed by atoms with E-state index in [-0.39, 0.29) is 11.1 Å². The number of thiophene rings is 1. The van der Waals surface area contributed by atoms with Gasteiger partial charge < -0.3 is 5.73 Å². The second kappa shape index (κ2) is 7.13. The van der Waals surface area contributed by atoms with Gasteiger partial charge in [-0.05, 0) is 29.5 Å². The summed E-state index contributed by atoms with van der Waals surface area (Å²) in [6, 6.07) is 6.82. The number of pyridine rings is 1. The summed E-state index contributed by atoms with van der Waals surface area (Å²) in [6.07, 6.45) is 3.14. The summed E-state index contributed by atoms with van der Waals surface area (Å²) in [5, 5.41) is 1.97. The minimum atomic E-state index is -3.63. The monoisotopic (exact) mass is 325 g/mol. The number of rotatable bonds is 7. The molecule has 5 nitrogen and oxygen atoms in total. The van der Waals surface area contributed by atoms with Crippen LogP contribution in [0, 0.1) is 0 Å². The predicted molar refractivity (Wildman–Crippen MR) is 84.4 cm³/mol. The zero-order valence-corrected chi connectivity index (χ0v) is 13.5. The predicted octanol–water partition coefficient (Wildman–Crippen LogP) is 2.42. The van der Waals surface area contributed by atoms with E-state index in [1.165, 1.54) is 12.3 Å². The number of nitrogens with zero attached hydrogens (tertiary/aromatic N) is 1. The number of sulfonamides is 1. The van der Waals surface area contributed by atoms with Crippen LogP contribution in [0.1, 0.15) is 36.2 Å². The fraction of sp³-hybridized carbons (Fsp3) is 0.357. The van der Waals surface area contributed by atoms with Crippen LogP contribution in [0.25, 0.3) is 0 Å². The summed E-state index contributed by atoms with van der Waals surface area (Å²) < 4.78 is 27.6. The summed E-state index contributed by atoms with van der Waals surface area (Å²) in [4.78, 5) is 5.00. The van der Waals surface area contributed by atoms with Gasteiger partial charge in [0, 0.05) is 17.6 Å². The quantitative estimate of drug-likeness (QED) is 0.818. The van der Waals surface area contributed by atoms with E-state index in [1.807, 2.05) is 24.4 Å². The Labute approximate surface area is 129 Å². The average molecular weight is 325 g/mol. The molecule has 7 heteroatoms. The number of hydrogen-bond donors (Lipinski definition) is 2. The van der Waals surface area contributed by atoms with Gasteiger partial charge in [-0.25, -0.2) is 18.1 Å². The van der Waals surface area contributed by atoms with E-state index < -0.39 is 10.0 Å². The topological polar surface area (TPSA) is 85.1 Å². The molecule has 21 heavy (non-hydrogen) atoms. The van der Waals surface area contributed by atoms with Crippen molar-refractivity contribution < 1.29 is 8.42 Å². The molecule has 0 aliphatic heterocycles. The van der Waals surface area contributed by atoms with Crippen molar-refractivity contribution >= 4 is 21.4 Å². The molecule has 0 fully saturated rings. The Morgan fingerprint density at radius 3 is 2.71 bits per heavy atom. The van der Waals surface area contributed by atoms with Gasteiger partial charge in [-0.2, -0.15) is 0 Å². The lowest BCUT2D eigenvalue weighted by Crippen LogP contribution is -2.28. The lowest BCUT2D eigenvalue weighted by Gasteiger charge is -2.16. The molecule has 0 radical (unpaired) electrons. The molecule has 2 aromatic rings. The molecule has 0 aliphatic carbocycles. The van der Waals surface area contributed by atoms with Crippen molar-refractivity contribution in [2.24, 2.45) is 5.73 Å². The number of hydrogen-bond acceptors (Lipinski definition) is 5. The van der Waals surface area contributed by atoms with Gasteiger partial charge in [0.15, 0.2) is 5.03 Å². The molecule has 2 rings (SSSR count). The van der Waals surface area contributed by atoms with E-state index in [0.29, 0.717) is 6.54 Å². The summed E-state index contributed by atoms with van der Waals surface area (Å²) >= 11 is 1.55. The third kappa shape index (κ3) is 4.10. The van der Waals surface area contributed by atoms with Gasteiger partial charge >= 0.3 is 0 Å². The molecular weight excluding hydrogens is 306 g/mol. The first-order valence-electron chi connectivity index (χ1n) is 6.77. The fourth-order valence-electron chi connectivity index (χ4n) is 1.98. The van der Waals surface area contributed by atoms with E-state index in [4.69, 9.17) is 5.73 Å². The highest BCUT2D eigenvalue weighted by Gasteiger charge is 2.22. The van der Waals surface area contributed by atoms with Gasteiger partial charge in [0.25, 0.3) is 10.0 Å². The van der Waals surface area contributed by atoms with Crippen LogP contribution in [0.4, 0.5) is 0 Å². The van der Waals surface area contributed by atoms with Crippen LogP contribution < -0.4 is 10.5 Å². The van der Waals surface area contributed by atoms with E-state index >= 15 is 0 Å². The van der Waals surface area contributed by atoms with Crippen molar-refractivity contribution in [3.63, 3.8) is 0 Å². The molecule has 0 saturated carbocycles. The van der Waals surface area contributed by atoms with Gasteiger partial charge in [0.05, 0.1) is 6.04 Å². The first-order chi connectivity index (χ1) is 10.1. The molecule has 0 saturated heterocycles. The van der Waals surface area contributed by atoms with Crippen LogP contribution in [0.15, 0.2) is 40.9 Å². The fourth-order valence-corrected chi connectivity index (χ4v) is 4.04. The van der Waals surface area contributed by atoms with Crippen molar-refractivity contribution in [1.29, 1.82) is 0 Å². The lowest BCUT2D eigenvalue weighted by atomic mass is 10.1. The molecule has 1 unspecified atom stereocenters. The van der Waals surface area contributed by atoms with Gasteiger partial charge in [0.2, 0.25) is 0 Å². The van der Waals surface area contributed by atoms with Gasteiger partial charge in [-0.3, -0.25) is 0 Å². The Balaban J connectivity index is 2.21. The second-order valence-corrected chi connectivity index (χ2v) is 7.33. The smallest absolute Gasteiger partial charge is 0.258 e. The van der Waals surface area contributed by atoms with E-state index in [9.17, 15) is 8.42 Å². The third-order valence-electron chi connectivity index (χ3n) is 3.07. The molecule has 0 aromatic carbocycles. The Kier molecular flexibility index (Phi) is 5.46. The number of aromatic nitrogens is 1. The molecule has 0 bridgehead atoms. The minimum Gasteiger partial charge on any atom is -0.326 e. The van der Waals surface area contributed by atoms with Gasteiger partial charge in [-0.1, -0.05) is 25.5 Å². The highest BCUT2D eigenvalue weighted by Crippen LogP contribution is 2.25. The summed E-state index contributed by atoms with van der Waals surface area (Å²) in [6.45, 7) is 2.37. The third-order valence-corrected chi connectivity index (χ3v) is 5.44. The maximum atomic E-state index is 12.4. The van der Waals surface area contributed by atoms with E-state index in [0.717, 1.165) is 23.3 Å². The lowest BCUT2D eigenvalue weighted by molar-refractivity contribution is 0.537. The zero-order valence-electron chi connectivity index (χ0n) is 11.8. The molecule has 3 N–H and O–H groups in total. The summed E-state index contributed by atoms with van der Waals surface area (Å²) in [5.41, 5.74) is 6.29.